The molecule has 0 spiro atoms. The summed E-state index contributed by atoms with van der Waals surface area (Å²) in [5.41, 5.74) is 2.08. The van der Waals surface area contributed by atoms with E-state index in [0.717, 1.165) is 23.3 Å². The van der Waals surface area contributed by atoms with Crippen LogP contribution in [0.3, 0.4) is 0 Å². The second kappa shape index (κ2) is 6.43. The lowest BCUT2D eigenvalue weighted by Crippen LogP contribution is -2.10. The first-order valence-electron chi connectivity index (χ1n) is 6.48. The molecule has 2 aromatic rings. The number of anilines is 1. The molecule has 0 aromatic heterocycles. The summed E-state index contributed by atoms with van der Waals surface area (Å²) < 4.78 is 32.8. The van der Waals surface area contributed by atoms with Crippen LogP contribution in [0.4, 0.5) is 14.5 Å². The fourth-order valence-corrected chi connectivity index (χ4v) is 2.45. The van der Waals surface area contributed by atoms with Crippen molar-refractivity contribution in [2.75, 3.05) is 12.4 Å². The van der Waals surface area contributed by atoms with Crippen LogP contribution in [0.1, 0.15) is 24.1 Å². The number of rotatable bonds is 4. The van der Waals surface area contributed by atoms with Crippen molar-refractivity contribution in [1.29, 1.82) is 0 Å². The van der Waals surface area contributed by atoms with E-state index in [9.17, 15) is 8.78 Å². The number of halogens is 3. The Labute approximate surface area is 131 Å². The van der Waals surface area contributed by atoms with E-state index in [-0.39, 0.29) is 16.2 Å². The maximum absolute atomic E-state index is 13.9. The summed E-state index contributed by atoms with van der Waals surface area (Å²) in [6.07, 6.45) is 0. The van der Waals surface area contributed by atoms with Crippen molar-refractivity contribution >= 4 is 21.6 Å². The van der Waals surface area contributed by atoms with Crippen LogP contribution >= 0.6 is 15.9 Å². The van der Waals surface area contributed by atoms with Crippen molar-refractivity contribution in [2.45, 2.75) is 19.9 Å². The Morgan fingerprint density at radius 3 is 2.52 bits per heavy atom. The Bertz CT molecular complexity index is 661. The standard InChI is InChI=1S/C16H16BrF2NO/c1-9-4-5-16(21-3)11(6-9)10(2)20-15-8-13(18)12(17)7-14(15)19/h4-8,10,20H,1-3H3. The zero-order chi connectivity index (χ0) is 15.6. The van der Waals surface area contributed by atoms with E-state index in [1.165, 1.54) is 0 Å². The molecule has 0 aliphatic rings. The Balaban J connectivity index is 2.32. The number of benzene rings is 2. The molecule has 0 heterocycles. The van der Waals surface area contributed by atoms with Gasteiger partial charge in [-0.15, -0.1) is 0 Å². The molecule has 2 rings (SSSR count). The van der Waals surface area contributed by atoms with E-state index >= 15 is 0 Å². The SMILES string of the molecule is COc1ccc(C)cc1C(C)Nc1cc(F)c(Br)cc1F. The topological polar surface area (TPSA) is 21.3 Å². The summed E-state index contributed by atoms with van der Waals surface area (Å²) in [5, 5.41) is 2.98. The fraction of sp³-hybridized carbons (Fsp3) is 0.250. The second-order valence-electron chi connectivity index (χ2n) is 4.86. The summed E-state index contributed by atoms with van der Waals surface area (Å²) in [4.78, 5) is 0. The summed E-state index contributed by atoms with van der Waals surface area (Å²) in [5.74, 6) is -0.317. The van der Waals surface area contributed by atoms with E-state index in [1.807, 2.05) is 32.0 Å². The molecule has 1 atom stereocenters. The summed E-state index contributed by atoms with van der Waals surface area (Å²) in [6, 6.07) is 7.78. The van der Waals surface area contributed by atoms with Crippen LogP contribution < -0.4 is 10.1 Å². The molecule has 0 aliphatic heterocycles. The Morgan fingerprint density at radius 2 is 1.86 bits per heavy atom. The minimum Gasteiger partial charge on any atom is -0.496 e. The quantitative estimate of drug-likeness (QED) is 0.759. The molecule has 0 fully saturated rings. The monoisotopic (exact) mass is 355 g/mol. The van der Waals surface area contributed by atoms with Gasteiger partial charge < -0.3 is 10.1 Å². The number of hydrogen-bond acceptors (Lipinski definition) is 2. The van der Waals surface area contributed by atoms with E-state index < -0.39 is 11.6 Å². The molecule has 1 N–H and O–H groups in total. The van der Waals surface area contributed by atoms with Gasteiger partial charge in [0, 0.05) is 11.6 Å². The summed E-state index contributed by atoms with van der Waals surface area (Å²) >= 11 is 2.96. The Kier molecular flexibility index (Phi) is 4.83. The Morgan fingerprint density at radius 1 is 1.14 bits per heavy atom. The number of ether oxygens (including phenoxy) is 1. The van der Waals surface area contributed by atoms with E-state index in [1.54, 1.807) is 7.11 Å². The van der Waals surface area contributed by atoms with Gasteiger partial charge in [-0.3, -0.25) is 0 Å². The van der Waals surface area contributed by atoms with Crippen molar-refractivity contribution in [3.8, 4) is 5.75 Å². The first-order valence-corrected chi connectivity index (χ1v) is 7.27. The fourth-order valence-electron chi connectivity index (χ4n) is 2.14. The van der Waals surface area contributed by atoms with E-state index in [0.29, 0.717) is 5.75 Å². The van der Waals surface area contributed by atoms with Crippen LogP contribution in [-0.2, 0) is 0 Å². The first kappa shape index (κ1) is 15.8. The maximum atomic E-state index is 13.9. The molecule has 0 bridgehead atoms. The van der Waals surface area contributed by atoms with Crippen LogP contribution in [0.25, 0.3) is 0 Å². The molecular weight excluding hydrogens is 340 g/mol. The van der Waals surface area contributed by atoms with Crippen LogP contribution in [0.5, 0.6) is 5.75 Å². The van der Waals surface area contributed by atoms with Gasteiger partial charge in [0.15, 0.2) is 0 Å². The molecule has 21 heavy (non-hydrogen) atoms. The van der Waals surface area contributed by atoms with Crippen molar-refractivity contribution in [1.82, 2.24) is 0 Å². The molecule has 0 radical (unpaired) electrons. The molecule has 2 aromatic carbocycles. The van der Waals surface area contributed by atoms with Gasteiger partial charge in [-0.2, -0.15) is 0 Å². The highest BCUT2D eigenvalue weighted by Crippen LogP contribution is 2.31. The lowest BCUT2D eigenvalue weighted by molar-refractivity contribution is 0.407. The minimum atomic E-state index is -0.512. The van der Waals surface area contributed by atoms with Gasteiger partial charge in [0.05, 0.1) is 23.3 Å². The van der Waals surface area contributed by atoms with Gasteiger partial charge in [-0.05, 0) is 41.9 Å². The molecule has 5 heteroatoms. The zero-order valence-corrected chi connectivity index (χ0v) is 13.6. The number of methoxy groups -OCH3 is 1. The lowest BCUT2D eigenvalue weighted by atomic mass is 10.0. The van der Waals surface area contributed by atoms with Gasteiger partial charge >= 0.3 is 0 Å². The van der Waals surface area contributed by atoms with Crippen molar-refractivity contribution in [2.24, 2.45) is 0 Å². The van der Waals surface area contributed by atoms with Gasteiger partial charge in [-0.25, -0.2) is 8.78 Å². The van der Waals surface area contributed by atoms with Crippen LogP contribution in [-0.4, -0.2) is 7.11 Å². The third-order valence-corrected chi connectivity index (χ3v) is 3.84. The highest BCUT2D eigenvalue weighted by Gasteiger charge is 2.15. The summed E-state index contributed by atoms with van der Waals surface area (Å²) in [7, 11) is 1.58. The molecular formula is C16H16BrF2NO. The molecule has 0 aliphatic carbocycles. The predicted octanol–water partition coefficient (Wildman–Crippen LogP) is 5.22. The molecule has 0 saturated heterocycles. The van der Waals surface area contributed by atoms with Crippen molar-refractivity contribution in [3.05, 3.63) is 57.6 Å². The molecule has 1 unspecified atom stereocenters. The highest BCUT2D eigenvalue weighted by molar-refractivity contribution is 9.10. The summed E-state index contributed by atoms with van der Waals surface area (Å²) in [6.45, 7) is 3.84. The Hall–Kier alpha value is -1.62. The van der Waals surface area contributed by atoms with Crippen molar-refractivity contribution in [3.63, 3.8) is 0 Å². The van der Waals surface area contributed by atoms with Gasteiger partial charge in [0.1, 0.15) is 17.4 Å². The van der Waals surface area contributed by atoms with Crippen molar-refractivity contribution < 1.29 is 13.5 Å². The minimum absolute atomic E-state index is 0.103. The molecule has 2 nitrogen and oxygen atoms in total. The molecule has 112 valence electrons. The number of aryl methyl sites for hydroxylation is 1. The second-order valence-corrected chi connectivity index (χ2v) is 5.71. The van der Waals surface area contributed by atoms with Gasteiger partial charge in [-0.1, -0.05) is 17.7 Å². The lowest BCUT2D eigenvalue weighted by Gasteiger charge is -2.19. The smallest absolute Gasteiger partial charge is 0.147 e. The van der Waals surface area contributed by atoms with Crippen LogP contribution in [0, 0.1) is 18.6 Å². The average molecular weight is 356 g/mol. The number of nitrogens with one attached hydrogen (secondary N) is 1. The molecule has 0 amide bonds. The van der Waals surface area contributed by atoms with E-state index in [2.05, 4.69) is 21.2 Å². The van der Waals surface area contributed by atoms with E-state index in [4.69, 9.17) is 4.74 Å². The van der Waals surface area contributed by atoms with Gasteiger partial charge in [0.2, 0.25) is 0 Å². The third-order valence-electron chi connectivity index (χ3n) is 3.23. The normalized spacial score (nSPS) is 12.1. The predicted molar refractivity (Wildman–Crippen MR) is 83.8 cm³/mol. The average Bonchev–Trinajstić information content (AvgIpc) is 2.44. The third kappa shape index (κ3) is 3.53. The van der Waals surface area contributed by atoms with Crippen LogP contribution in [0.2, 0.25) is 0 Å². The highest BCUT2D eigenvalue weighted by atomic mass is 79.9. The number of hydrogen-bond donors (Lipinski definition) is 1. The largest absolute Gasteiger partial charge is 0.496 e. The van der Waals surface area contributed by atoms with Crippen LogP contribution in [0.15, 0.2) is 34.8 Å². The maximum Gasteiger partial charge on any atom is 0.147 e. The van der Waals surface area contributed by atoms with Gasteiger partial charge in [0.25, 0.3) is 0 Å². The zero-order valence-electron chi connectivity index (χ0n) is 12.0. The first-order chi connectivity index (χ1) is 9.92. The molecule has 0 saturated carbocycles.